The van der Waals surface area contributed by atoms with Crippen molar-refractivity contribution in [3.05, 3.63) is 71.3 Å². The fourth-order valence-electron chi connectivity index (χ4n) is 3.49. The van der Waals surface area contributed by atoms with Crippen molar-refractivity contribution in [1.82, 2.24) is 0 Å². The summed E-state index contributed by atoms with van der Waals surface area (Å²) in [7, 11) is 2.73. The van der Waals surface area contributed by atoms with Crippen LogP contribution in [0.1, 0.15) is 34.8 Å². The minimum absolute atomic E-state index is 0.334. The van der Waals surface area contributed by atoms with Crippen molar-refractivity contribution in [3.8, 4) is 0 Å². The lowest BCUT2D eigenvalue weighted by Crippen LogP contribution is -2.35. The number of methoxy groups -OCH3 is 2. The summed E-state index contributed by atoms with van der Waals surface area (Å²) >= 11 is 0. The Kier molecular flexibility index (Phi) is 5.31. The minimum atomic E-state index is -0.405. The molecule has 0 spiro atoms. The van der Waals surface area contributed by atoms with E-state index in [1.54, 1.807) is 17.0 Å². The molecule has 0 N–H and O–H groups in total. The molecule has 0 aliphatic carbocycles. The van der Waals surface area contributed by atoms with E-state index in [1.807, 2.05) is 36.4 Å². The average Bonchev–Trinajstić information content (AvgIpc) is 3.00. The Morgan fingerprint density at radius 2 is 1.85 bits per heavy atom. The van der Waals surface area contributed by atoms with E-state index in [4.69, 9.17) is 9.47 Å². The lowest BCUT2D eigenvalue weighted by Gasteiger charge is -2.24. The van der Waals surface area contributed by atoms with Crippen LogP contribution in [0.25, 0.3) is 6.08 Å². The molecular weight excluding hydrogens is 342 g/mol. The molecule has 2 aromatic carbocycles. The number of esters is 1. The lowest BCUT2D eigenvalue weighted by atomic mass is 9.80. The summed E-state index contributed by atoms with van der Waals surface area (Å²) in [5.41, 5.74) is 2.96. The van der Waals surface area contributed by atoms with E-state index >= 15 is 0 Å². The molecule has 3 rings (SSSR count). The molecule has 1 heterocycles. The van der Waals surface area contributed by atoms with E-state index in [-0.39, 0.29) is 5.41 Å². The molecule has 5 nitrogen and oxygen atoms in total. The van der Waals surface area contributed by atoms with Crippen LogP contribution in [0.4, 0.5) is 10.5 Å². The van der Waals surface area contributed by atoms with Crippen molar-refractivity contribution < 1.29 is 19.1 Å². The monoisotopic (exact) mass is 365 g/mol. The van der Waals surface area contributed by atoms with Crippen molar-refractivity contribution in [1.29, 1.82) is 0 Å². The number of fused-ring (bicyclic) bond motifs is 1. The van der Waals surface area contributed by atoms with E-state index < -0.39 is 12.1 Å². The van der Waals surface area contributed by atoms with Crippen molar-refractivity contribution >= 4 is 23.8 Å². The quantitative estimate of drug-likeness (QED) is 0.753. The fourth-order valence-corrected chi connectivity index (χ4v) is 3.49. The zero-order valence-electron chi connectivity index (χ0n) is 15.8. The first-order valence-electron chi connectivity index (χ1n) is 8.78. The molecule has 1 aliphatic rings. The molecule has 0 bridgehead atoms. The largest absolute Gasteiger partial charge is 0.465 e. The van der Waals surface area contributed by atoms with Crippen LogP contribution < -0.4 is 4.90 Å². The first kappa shape index (κ1) is 18.7. The predicted molar refractivity (Wildman–Crippen MR) is 105 cm³/mol. The van der Waals surface area contributed by atoms with Gasteiger partial charge >= 0.3 is 12.1 Å². The first-order chi connectivity index (χ1) is 13.0. The molecule has 140 valence electrons. The van der Waals surface area contributed by atoms with Gasteiger partial charge in [0.15, 0.2) is 0 Å². The zero-order valence-corrected chi connectivity index (χ0v) is 15.8. The number of carbonyl (C=O) groups is 2. The van der Waals surface area contributed by atoms with E-state index in [0.29, 0.717) is 18.5 Å². The van der Waals surface area contributed by atoms with Crippen molar-refractivity contribution in [3.63, 3.8) is 0 Å². The maximum atomic E-state index is 12.2. The van der Waals surface area contributed by atoms with Crippen molar-refractivity contribution in [2.24, 2.45) is 0 Å². The molecule has 0 saturated carbocycles. The number of hydrogen-bond donors (Lipinski definition) is 0. The summed E-state index contributed by atoms with van der Waals surface area (Å²) in [5, 5.41) is 0. The van der Waals surface area contributed by atoms with Crippen molar-refractivity contribution in [2.45, 2.75) is 18.8 Å². The summed E-state index contributed by atoms with van der Waals surface area (Å²) in [6.07, 6.45) is 4.48. The van der Waals surface area contributed by atoms with Crippen LogP contribution in [0.2, 0.25) is 0 Å². The predicted octanol–water partition coefficient (Wildman–Crippen LogP) is 4.42. The van der Waals surface area contributed by atoms with Crippen LogP contribution in [0, 0.1) is 0 Å². The molecule has 1 aliphatic heterocycles. The van der Waals surface area contributed by atoms with E-state index in [0.717, 1.165) is 16.8 Å². The third-order valence-electron chi connectivity index (χ3n) is 4.94. The third-order valence-corrected chi connectivity index (χ3v) is 4.94. The first-order valence-corrected chi connectivity index (χ1v) is 8.78. The smallest absolute Gasteiger partial charge is 0.414 e. The molecule has 2 aromatic rings. The van der Waals surface area contributed by atoms with Gasteiger partial charge in [-0.05, 0) is 35.7 Å². The molecule has 0 fully saturated rings. The van der Waals surface area contributed by atoms with Gasteiger partial charge < -0.3 is 9.47 Å². The normalized spacial score (nSPS) is 18.4. The molecule has 1 amide bonds. The number of benzene rings is 2. The van der Waals surface area contributed by atoms with E-state index in [2.05, 4.69) is 19.1 Å². The lowest BCUT2D eigenvalue weighted by molar-refractivity contribution is 0.0600. The number of anilines is 1. The second kappa shape index (κ2) is 7.66. The summed E-state index contributed by atoms with van der Waals surface area (Å²) in [6.45, 7) is 2.57. The van der Waals surface area contributed by atoms with Gasteiger partial charge in [-0.1, -0.05) is 49.4 Å². The summed E-state index contributed by atoms with van der Waals surface area (Å²) in [5.74, 6) is -0.392. The van der Waals surface area contributed by atoms with Crippen LogP contribution in [0.5, 0.6) is 0 Å². The summed E-state index contributed by atoms with van der Waals surface area (Å²) < 4.78 is 9.77. The fraction of sp³-hybridized carbons (Fsp3) is 0.273. The van der Waals surface area contributed by atoms with Crippen LogP contribution in [0.15, 0.2) is 54.6 Å². The topological polar surface area (TPSA) is 55.8 Å². The molecule has 0 saturated heterocycles. The highest BCUT2D eigenvalue weighted by atomic mass is 16.5. The Labute approximate surface area is 159 Å². The van der Waals surface area contributed by atoms with E-state index in [1.165, 1.54) is 14.2 Å². The zero-order chi connectivity index (χ0) is 19.4. The van der Waals surface area contributed by atoms with E-state index in [9.17, 15) is 9.59 Å². The molecule has 0 radical (unpaired) electrons. The number of amides is 1. The molecule has 5 heteroatoms. The average molecular weight is 365 g/mol. The summed E-state index contributed by atoms with van der Waals surface area (Å²) in [4.78, 5) is 25.8. The Morgan fingerprint density at radius 3 is 2.52 bits per heavy atom. The van der Waals surface area contributed by atoms with Gasteiger partial charge in [-0.25, -0.2) is 9.59 Å². The van der Waals surface area contributed by atoms with Crippen molar-refractivity contribution in [2.75, 3.05) is 25.7 Å². The van der Waals surface area contributed by atoms with Gasteiger partial charge in [0, 0.05) is 12.0 Å². The van der Waals surface area contributed by atoms with Gasteiger partial charge in [0.2, 0.25) is 0 Å². The molecule has 1 unspecified atom stereocenters. The minimum Gasteiger partial charge on any atom is -0.465 e. The highest BCUT2D eigenvalue weighted by Gasteiger charge is 2.41. The van der Waals surface area contributed by atoms with Gasteiger partial charge in [0.1, 0.15) is 0 Å². The van der Waals surface area contributed by atoms with Crippen LogP contribution in [0.3, 0.4) is 0 Å². The summed E-state index contributed by atoms with van der Waals surface area (Å²) in [6, 6.07) is 15.3. The number of hydrogen-bond acceptors (Lipinski definition) is 4. The van der Waals surface area contributed by atoms with Crippen LogP contribution >= 0.6 is 0 Å². The molecule has 1 atom stereocenters. The van der Waals surface area contributed by atoms with Crippen LogP contribution in [-0.4, -0.2) is 32.8 Å². The number of ether oxygens (including phenoxy) is 2. The number of nitrogens with zero attached hydrogens (tertiary/aromatic N) is 1. The highest BCUT2D eigenvalue weighted by Crippen LogP contribution is 2.44. The third kappa shape index (κ3) is 3.72. The van der Waals surface area contributed by atoms with Gasteiger partial charge in [0.05, 0.1) is 25.5 Å². The molecule has 0 aromatic heterocycles. The van der Waals surface area contributed by atoms with Crippen LogP contribution in [-0.2, 0) is 14.9 Å². The number of carbonyl (C=O) groups excluding carboxylic acids is 2. The van der Waals surface area contributed by atoms with Gasteiger partial charge in [-0.15, -0.1) is 0 Å². The van der Waals surface area contributed by atoms with Gasteiger partial charge in [0.25, 0.3) is 0 Å². The Morgan fingerprint density at radius 1 is 1.11 bits per heavy atom. The molecular formula is C22H23NO4. The highest BCUT2D eigenvalue weighted by molar-refractivity contribution is 5.95. The molecule has 27 heavy (non-hydrogen) atoms. The maximum Gasteiger partial charge on any atom is 0.414 e. The Balaban J connectivity index is 1.94. The Hall–Kier alpha value is -3.08. The second-order valence-corrected chi connectivity index (χ2v) is 6.86. The maximum absolute atomic E-state index is 12.2. The SMILES string of the molecule is COC(=O)c1ccc2c(c1)C(C)(C/C=C/c1ccccc1)CN2C(=O)OC. The van der Waals surface area contributed by atoms with Gasteiger partial charge in [-0.2, -0.15) is 0 Å². The standard InChI is InChI=1S/C22H23NO4/c1-22(13-7-10-16-8-5-4-6-9-16)15-23(21(25)27-3)19-12-11-17(14-18(19)22)20(24)26-2/h4-12,14H,13,15H2,1-3H3/b10-7+. The van der Waals surface area contributed by atoms with Gasteiger partial charge in [-0.3, -0.25) is 4.90 Å². The number of rotatable bonds is 4. The Bertz CT molecular complexity index is 875. The second-order valence-electron chi connectivity index (χ2n) is 6.86. The number of allylic oxidation sites excluding steroid dienone is 1.